The molecular formula is C28H34N8O. The maximum atomic E-state index is 6.01. The van der Waals surface area contributed by atoms with Crippen molar-refractivity contribution in [2.75, 3.05) is 37.6 Å². The molecule has 0 saturated carbocycles. The second-order valence-electron chi connectivity index (χ2n) is 10.8. The van der Waals surface area contributed by atoms with Gasteiger partial charge in [-0.2, -0.15) is 5.10 Å². The summed E-state index contributed by atoms with van der Waals surface area (Å²) in [5, 5.41) is 4.73. The van der Waals surface area contributed by atoms with Crippen molar-refractivity contribution in [1.29, 1.82) is 0 Å². The Morgan fingerprint density at radius 1 is 1.00 bits per heavy atom. The van der Waals surface area contributed by atoms with Gasteiger partial charge in [0, 0.05) is 61.5 Å². The van der Waals surface area contributed by atoms with E-state index < -0.39 is 0 Å². The molecule has 0 amide bonds. The number of nitrogens with zero attached hydrogens (tertiary/aromatic N) is 7. The highest BCUT2D eigenvalue weighted by Gasteiger charge is 2.34. The number of pyridine rings is 1. The Bertz CT molecular complexity index is 1410. The molecule has 3 aliphatic rings. The van der Waals surface area contributed by atoms with E-state index in [-0.39, 0.29) is 0 Å². The number of nitrogens with one attached hydrogen (secondary N) is 1. The van der Waals surface area contributed by atoms with Gasteiger partial charge >= 0.3 is 0 Å². The van der Waals surface area contributed by atoms with Crippen LogP contribution in [0, 0.1) is 6.92 Å². The molecule has 9 nitrogen and oxygen atoms in total. The molecule has 4 aromatic heterocycles. The fourth-order valence-electron chi connectivity index (χ4n) is 6.25. The van der Waals surface area contributed by atoms with E-state index in [9.17, 15) is 0 Å². The molecule has 0 aromatic carbocycles. The maximum Gasteiger partial charge on any atom is 0.156 e. The highest BCUT2D eigenvalue weighted by atomic mass is 16.5. The van der Waals surface area contributed by atoms with Gasteiger partial charge in [-0.3, -0.25) is 4.68 Å². The number of likely N-dealkylation sites (tertiary alicyclic amines) is 1. The van der Waals surface area contributed by atoms with Crippen LogP contribution in [-0.4, -0.2) is 79.5 Å². The minimum absolute atomic E-state index is 0.341. The van der Waals surface area contributed by atoms with E-state index in [2.05, 4.69) is 50.6 Å². The lowest BCUT2D eigenvalue weighted by atomic mass is 10.1. The molecule has 2 atom stereocenters. The second kappa shape index (κ2) is 9.22. The third-order valence-electron chi connectivity index (χ3n) is 8.36. The van der Waals surface area contributed by atoms with E-state index in [0.717, 1.165) is 103 Å². The summed E-state index contributed by atoms with van der Waals surface area (Å²) in [6, 6.07) is 2.64. The van der Waals surface area contributed by atoms with E-state index >= 15 is 0 Å². The van der Waals surface area contributed by atoms with Crippen molar-refractivity contribution in [1.82, 2.24) is 34.6 Å². The number of rotatable bonds is 5. The number of anilines is 1. The molecule has 7 rings (SSSR count). The van der Waals surface area contributed by atoms with Gasteiger partial charge < -0.3 is 19.5 Å². The van der Waals surface area contributed by atoms with Gasteiger partial charge in [0.15, 0.2) is 5.65 Å². The van der Waals surface area contributed by atoms with Crippen molar-refractivity contribution >= 4 is 17.0 Å². The molecule has 0 radical (unpaired) electrons. The average Bonchev–Trinajstić information content (AvgIpc) is 3.66. The number of hydrogen-bond acceptors (Lipinski definition) is 7. The summed E-state index contributed by atoms with van der Waals surface area (Å²) in [6.45, 7) is 9.61. The van der Waals surface area contributed by atoms with E-state index in [0.29, 0.717) is 18.2 Å². The van der Waals surface area contributed by atoms with Gasteiger partial charge in [0.1, 0.15) is 11.3 Å². The highest BCUT2D eigenvalue weighted by molar-refractivity contribution is 5.91. The first-order valence-corrected chi connectivity index (χ1v) is 13.6. The molecular weight excluding hydrogens is 464 g/mol. The monoisotopic (exact) mass is 498 g/mol. The summed E-state index contributed by atoms with van der Waals surface area (Å²) >= 11 is 0. The SMILES string of the molecule is CCN1CCC(n2cc(-c3c[nH]c4ncc(-c5cnc(N6CC7CCC(C6)O7)c(C)c5)nc34)cn2)CC1. The van der Waals surface area contributed by atoms with Gasteiger partial charge in [0.25, 0.3) is 0 Å². The second-order valence-corrected chi connectivity index (χ2v) is 10.8. The molecule has 0 spiro atoms. The first kappa shape index (κ1) is 22.9. The van der Waals surface area contributed by atoms with Crippen LogP contribution in [0.25, 0.3) is 33.5 Å². The van der Waals surface area contributed by atoms with Crippen molar-refractivity contribution in [3.8, 4) is 22.4 Å². The Morgan fingerprint density at radius 3 is 2.57 bits per heavy atom. The van der Waals surface area contributed by atoms with E-state index in [1.165, 1.54) is 0 Å². The largest absolute Gasteiger partial charge is 0.371 e. The molecule has 3 saturated heterocycles. The zero-order valence-corrected chi connectivity index (χ0v) is 21.6. The third-order valence-corrected chi connectivity index (χ3v) is 8.36. The van der Waals surface area contributed by atoms with Gasteiger partial charge in [0.2, 0.25) is 0 Å². The number of morpholine rings is 1. The van der Waals surface area contributed by atoms with Crippen LogP contribution in [0.3, 0.4) is 0 Å². The van der Waals surface area contributed by atoms with E-state index in [4.69, 9.17) is 19.8 Å². The third kappa shape index (κ3) is 4.20. The van der Waals surface area contributed by atoms with Crippen molar-refractivity contribution in [3.05, 3.63) is 42.6 Å². The summed E-state index contributed by atoms with van der Waals surface area (Å²) in [4.78, 5) is 22.8. The molecule has 7 heterocycles. The molecule has 37 heavy (non-hydrogen) atoms. The summed E-state index contributed by atoms with van der Waals surface area (Å²) < 4.78 is 8.15. The molecule has 4 aromatic rings. The van der Waals surface area contributed by atoms with Crippen molar-refractivity contribution in [2.45, 2.75) is 57.8 Å². The number of piperidine rings is 1. The Morgan fingerprint density at radius 2 is 1.81 bits per heavy atom. The number of H-pyrrole nitrogens is 1. The topological polar surface area (TPSA) is 88.0 Å². The van der Waals surface area contributed by atoms with Gasteiger partial charge in [0.05, 0.1) is 36.3 Å². The Labute approximate surface area is 216 Å². The zero-order chi connectivity index (χ0) is 24.9. The Balaban J connectivity index is 1.15. The van der Waals surface area contributed by atoms with E-state index in [1.807, 2.05) is 24.8 Å². The van der Waals surface area contributed by atoms with Gasteiger partial charge in [-0.25, -0.2) is 15.0 Å². The van der Waals surface area contributed by atoms with Crippen LogP contribution >= 0.6 is 0 Å². The molecule has 3 fully saturated rings. The van der Waals surface area contributed by atoms with Crippen LogP contribution in [0.1, 0.15) is 44.2 Å². The van der Waals surface area contributed by atoms with Crippen molar-refractivity contribution in [3.63, 3.8) is 0 Å². The number of aromatic amines is 1. The minimum atomic E-state index is 0.341. The number of fused-ring (bicyclic) bond motifs is 3. The molecule has 9 heteroatoms. The molecule has 1 N–H and O–H groups in total. The minimum Gasteiger partial charge on any atom is -0.371 e. The normalized spacial score (nSPS) is 22.8. The summed E-state index contributed by atoms with van der Waals surface area (Å²) in [6.07, 6.45) is 15.2. The summed E-state index contributed by atoms with van der Waals surface area (Å²) in [5.41, 5.74) is 6.73. The fourth-order valence-corrected chi connectivity index (χ4v) is 6.25. The predicted octanol–water partition coefficient (Wildman–Crippen LogP) is 4.22. The zero-order valence-electron chi connectivity index (χ0n) is 21.6. The molecule has 3 aliphatic heterocycles. The van der Waals surface area contributed by atoms with Crippen LogP contribution in [0.15, 0.2) is 37.1 Å². The van der Waals surface area contributed by atoms with Crippen molar-refractivity contribution < 1.29 is 4.74 Å². The highest BCUT2D eigenvalue weighted by Crippen LogP contribution is 2.33. The van der Waals surface area contributed by atoms with Crippen LogP contribution in [0.2, 0.25) is 0 Å². The number of hydrogen-bond donors (Lipinski definition) is 1. The van der Waals surface area contributed by atoms with Gasteiger partial charge in [-0.1, -0.05) is 6.92 Å². The van der Waals surface area contributed by atoms with Gasteiger partial charge in [-0.05, 0) is 50.8 Å². The Hall–Kier alpha value is -3.30. The fraction of sp³-hybridized carbons (Fsp3) is 0.500. The number of aryl methyl sites for hydroxylation is 1. The number of ether oxygens (including phenoxy) is 1. The number of aromatic nitrogens is 6. The lowest BCUT2D eigenvalue weighted by Gasteiger charge is -2.33. The van der Waals surface area contributed by atoms with Crippen LogP contribution in [-0.2, 0) is 4.74 Å². The lowest BCUT2D eigenvalue weighted by Crippen LogP contribution is -2.43. The van der Waals surface area contributed by atoms with E-state index in [1.54, 1.807) is 0 Å². The smallest absolute Gasteiger partial charge is 0.156 e. The maximum absolute atomic E-state index is 6.01. The van der Waals surface area contributed by atoms with Crippen LogP contribution in [0.4, 0.5) is 5.82 Å². The van der Waals surface area contributed by atoms with Gasteiger partial charge in [-0.15, -0.1) is 0 Å². The molecule has 192 valence electrons. The molecule has 2 bridgehead atoms. The summed E-state index contributed by atoms with van der Waals surface area (Å²) in [7, 11) is 0. The first-order valence-electron chi connectivity index (χ1n) is 13.6. The quantitative estimate of drug-likeness (QED) is 0.441. The van der Waals surface area contributed by atoms with Crippen molar-refractivity contribution in [2.24, 2.45) is 0 Å². The standard InChI is InChI=1S/C28H34N8O/c1-3-34-8-6-21(7-9-34)36-15-20(12-32-36)24-13-29-27-26(24)33-25(14-30-27)19-10-18(2)28(31-11-19)35-16-22-4-5-23(17-35)37-22/h10-15,21-23H,3-9,16-17H2,1-2H3,(H,29,30). The van der Waals surface area contributed by atoms with Crippen LogP contribution < -0.4 is 4.90 Å². The average molecular weight is 499 g/mol. The molecule has 2 unspecified atom stereocenters. The lowest BCUT2D eigenvalue weighted by molar-refractivity contribution is 0.0302. The van der Waals surface area contributed by atoms with Crippen LogP contribution in [0.5, 0.6) is 0 Å². The Kier molecular flexibility index (Phi) is 5.70. The summed E-state index contributed by atoms with van der Waals surface area (Å²) in [5.74, 6) is 1.05. The molecule has 0 aliphatic carbocycles. The predicted molar refractivity (Wildman–Crippen MR) is 144 cm³/mol. The first-order chi connectivity index (χ1) is 18.1.